The lowest BCUT2D eigenvalue weighted by molar-refractivity contribution is 0.213. The first-order valence-corrected chi connectivity index (χ1v) is 8.50. The van der Waals surface area contributed by atoms with Crippen LogP contribution in [0.3, 0.4) is 0 Å². The zero-order valence-electron chi connectivity index (χ0n) is 13.9. The molecule has 4 heterocycles. The monoisotopic (exact) mass is 361 g/mol. The van der Waals surface area contributed by atoms with Crippen molar-refractivity contribution in [3.8, 4) is 0 Å². The number of likely N-dealkylation sites (tertiary alicyclic amines) is 1. The fourth-order valence-electron chi connectivity index (χ4n) is 4.25. The van der Waals surface area contributed by atoms with Crippen LogP contribution < -0.4 is 5.32 Å². The Balaban J connectivity index is 0.000000960. The predicted octanol–water partition coefficient (Wildman–Crippen LogP) is 1.89. The van der Waals surface area contributed by atoms with Crippen molar-refractivity contribution >= 4 is 24.8 Å². The average molecular weight is 362 g/mol. The van der Waals surface area contributed by atoms with Crippen molar-refractivity contribution in [1.29, 1.82) is 0 Å². The van der Waals surface area contributed by atoms with E-state index in [1.54, 1.807) is 0 Å². The zero-order chi connectivity index (χ0) is 14.2. The third-order valence-electron chi connectivity index (χ3n) is 5.56. The van der Waals surface area contributed by atoms with Crippen molar-refractivity contribution in [2.24, 2.45) is 0 Å². The van der Waals surface area contributed by atoms with Crippen LogP contribution in [-0.4, -0.2) is 58.3 Å². The second kappa shape index (κ2) is 8.17. The van der Waals surface area contributed by atoms with Crippen molar-refractivity contribution in [2.75, 3.05) is 26.7 Å². The van der Waals surface area contributed by atoms with Gasteiger partial charge >= 0.3 is 0 Å². The van der Waals surface area contributed by atoms with Crippen LogP contribution >= 0.6 is 24.8 Å². The molecule has 3 aliphatic heterocycles. The van der Waals surface area contributed by atoms with E-state index in [9.17, 15) is 0 Å². The maximum absolute atomic E-state index is 4.84. The number of nitrogens with zero attached hydrogens (tertiary/aromatic N) is 4. The number of likely N-dealkylation sites (N-methyl/N-ethyl adjacent to an activating group) is 1. The fourth-order valence-corrected chi connectivity index (χ4v) is 4.25. The Morgan fingerprint density at radius 3 is 2.87 bits per heavy atom. The summed E-state index contributed by atoms with van der Waals surface area (Å²) in [6.45, 7) is 6.62. The minimum absolute atomic E-state index is 0. The number of aryl methyl sites for hydroxylation is 1. The molecule has 2 bridgehead atoms. The van der Waals surface area contributed by atoms with Crippen LogP contribution in [0.4, 0.5) is 0 Å². The molecule has 7 heteroatoms. The van der Waals surface area contributed by atoms with Gasteiger partial charge in [0.2, 0.25) is 0 Å². The molecule has 0 aromatic carbocycles. The highest BCUT2D eigenvalue weighted by atomic mass is 35.5. The molecule has 0 radical (unpaired) electrons. The quantitative estimate of drug-likeness (QED) is 0.872. The highest BCUT2D eigenvalue weighted by Gasteiger charge is 2.34. The topological polar surface area (TPSA) is 36.3 Å². The Bertz CT molecular complexity index is 483. The lowest BCUT2D eigenvalue weighted by Gasteiger charge is -2.24. The van der Waals surface area contributed by atoms with Gasteiger partial charge in [0.15, 0.2) is 0 Å². The molecular weight excluding hydrogens is 333 g/mol. The van der Waals surface area contributed by atoms with Gasteiger partial charge in [0.05, 0.1) is 11.4 Å². The van der Waals surface area contributed by atoms with Crippen LogP contribution in [0.5, 0.6) is 0 Å². The summed E-state index contributed by atoms with van der Waals surface area (Å²) in [4.78, 5) is 5.24. The first kappa shape index (κ1) is 19.0. The summed E-state index contributed by atoms with van der Waals surface area (Å²) in [5.74, 6) is 0. The number of fused-ring (bicyclic) bond motifs is 3. The molecule has 132 valence electrons. The standard InChI is InChI=1S/C16H27N5.2ClH/c1-19-14-3-4-15(19)12-20(8-5-14)11-13-9-16-10-17-6-2-7-21(16)18-13;;/h9,14-15,17H,2-8,10-12H2,1H3;2*1H/t14-,15+;;/m0../s1. The van der Waals surface area contributed by atoms with Crippen LogP contribution in [-0.2, 0) is 19.6 Å². The van der Waals surface area contributed by atoms with Gasteiger partial charge in [-0.05, 0) is 45.3 Å². The molecule has 2 fully saturated rings. The molecule has 0 saturated carbocycles. The minimum atomic E-state index is 0. The molecule has 0 spiro atoms. The summed E-state index contributed by atoms with van der Waals surface area (Å²) in [7, 11) is 2.32. The van der Waals surface area contributed by atoms with Crippen LogP contribution in [0.2, 0.25) is 0 Å². The highest BCUT2D eigenvalue weighted by molar-refractivity contribution is 5.85. The normalized spacial score (nSPS) is 28.2. The molecule has 0 unspecified atom stereocenters. The van der Waals surface area contributed by atoms with E-state index in [0.717, 1.165) is 38.3 Å². The number of hydrogen-bond acceptors (Lipinski definition) is 4. The largest absolute Gasteiger partial charge is 0.311 e. The first-order chi connectivity index (χ1) is 10.3. The Morgan fingerprint density at radius 1 is 1.17 bits per heavy atom. The molecule has 0 amide bonds. The Kier molecular flexibility index (Phi) is 6.75. The van der Waals surface area contributed by atoms with E-state index in [1.165, 1.54) is 50.2 Å². The van der Waals surface area contributed by atoms with Gasteiger partial charge < -0.3 is 5.32 Å². The van der Waals surface area contributed by atoms with E-state index in [-0.39, 0.29) is 24.8 Å². The van der Waals surface area contributed by atoms with Gasteiger partial charge in [-0.2, -0.15) is 5.10 Å². The lowest BCUT2D eigenvalue weighted by Crippen LogP contribution is -2.36. The molecule has 1 aromatic rings. The third kappa shape index (κ3) is 4.02. The van der Waals surface area contributed by atoms with Gasteiger partial charge in [-0.3, -0.25) is 14.5 Å². The number of halogens is 2. The number of aromatic nitrogens is 2. The molecule has 4 rings (SSSR count). The highest BCUT2D eigenvalue weighted by Crippen LogP contribution is 2.29. The van der Waals surface area contributed by atoms with Crippen LogP contribution in [0.1, 0.15) is 37.1 Å². The summed E-state index contributed by atoms with van der Waals surface area (Å²) < 4.78 is 2.21. The van der Waals surface area contributed by atoms with Crippen molar-refractivity contribution in [1.82, 2.24) is 24.9 Å². The molecule has 3 aliphatic rings. The fraction of sp³-hybridized carbons (Fsp3) is 0.812. The van der Waals surface area contributed by atoms with E-state index in [1.807, 2.05) is 0 Å². The summed E-state index contributed by atoms with van der Waals surface area (Å²) in [6.07, 6.45) is 5.29. The molecule has 0 aliphatic carbocycles. The van der Waals surface area contributed by atoms with Crippen molar-refractivity contribution < 1.29 is 0 Å². The second-order valence-electron chi connectivity index (χ2n) is 6.95. The molecule has 2 saturated heterocycles. The summed E-state index contributed by atoms with van der Waals surface area (Å²) in [6, 6.07) is 3.90. The number of hydrogen-bond donors (Lipinski definition) is 1. The van der Waals surface area contributed by atoms with Gasteiger partial charge in [-0.25, -0.2) is 0 Å². The Morgan fingerprint density at radius 2 is 2.00 bits per heavy atom. The molecule has 5 nitrogen and oxygen atoms in total. The maximum Gasteiger partial charge on any atom is 0.0768 e. The number of rotatable bonds is 2. The van der Waals surface area contributed by atoms with Crippen LogP contribution in [0.25, 0.3) is 0 Å². The molecule has 2 atom stereocenters. The SMILES string of the molecule is CN1[C@H]2CC[C@@H]1CN(Cc1cc3n(n1)CCCNC3)CC2.Cl.Cl. The zero-order valence-corrected chi connectivity index (χ0v) is 15.5. The first-order valence-electron chi connectivity index (χ1n) is 8.50. The minimum Gasteiger partial charge on any atom is -0.311 e. The van der Waals surface area contributed by atoms with Gasteiger partial charge in [-0.1, -0.05) is 0 Å². The van der Waals surface area contributed by atoms with Crippen molar-refractivity contribution in [3.63, 3.8) is 0 Å². The van der Waals surface area contributed by atoms with Gasteiger partial charge in [-0.15, -0.1) is 24.8 Å². The second-order valence-corrected chi connectivity index (χ2v) is 6.95. The Labute approximate surface area is 151 Å². The van der Waals surface area contributed by atoms with E-state index < -0.39 is 0 Å². The molecule has 1 N–H and O–H groups in total. The summed E-state index contributed by atoms with van der Waals surface area (Å²) >= 11 is 0. The average Bonchev–Trinajstić information content (AvgIpc) is 2.86. The van der Waals surface area contributed by atoms with E-state index in [4.69, 9.17) is 5.10 Å². The van der Waals surface area contributed by atoms with E-state index in [0.29, 0.717) is 0 Å². The van der Waals surface area contributed by atoms with Crippen molar-refractivity contribution in [3.05, 3.63) is 17.5 Å². The Hall–Kier alpha value is -0.330. The van der Waals surface area contributed by atoms with E-state index in [2.05, 4.69) is 32.9 Å². The van der Waals surface area contributed by atoms with E-state index >= 15 is 0 Å². The molecular formula is C16H29Cl2N5. The predicted molar refractivity (Wildman–Crippen MR) is 97.5 cm³/mol. The molecule has 1 aromatic heterocycles. The summed E-state index contributed by atoms with van der Waals surface area (Å²) in [5.41, 5.74) is 2.62. The smallest absolute Gasteiger partial charge is 0.0768 e. The molecule has 23 heavy (non-hydrogen) atoms. The third-order valence-corrected chi connectivity index (χ3v) is 5.56. The van der Waals surface area contributed by atoms with Crippen molar-refractivity contribution in [2.45, 2.75) is 57.4 Å². The maximum atomic E-state index is 4.84. The van der Waals surface area contributed by atoms with Gasteiger partial charge in [0.25, 0.3) is 0 Å². The van der Waals surface area contributed by atoms with Crippen LogP contribution in [0, 0.1) is 0 Å². The lowest BCUT2D eigenvalue weighted by atomic mass is 10.1. The van der Waals surface area contributed by atoms with Gasteiger partial charge in [0, 0.05) is 44.8 Å². The summed E-state index contributed by atoms with van der Waals surface area (Å²) in [5, 5.41) is 8.32. The van der Waals surface area contributed by atoms with Gasteiger partial charge in [0.1, 0.15) is 0 Å². The van der Waals surface area contributed by atoms with Crippen LogP contribution in [0.15, 0.2) is 6.07 Å². The number of nitrogens with one attached hydrogen (secondary N) is 1.